The Morgan fingerprint density at radius 2 is 1.95 bits per heavy atom. The zero-order valence-electron chi connectivity index (χ0n) is 11.7. The fourth-order valence-electron chi connectivity index (χ4n) is 2.00. The summed E-state index contributed by atoms with van der Waals surface area (Å²) in [4.78, 5) is 14.6. The van der Waals surface area contributed by atoms with Gasteiger partial charge in [0, 0.05) is 9.75 Å². The van der Waals surface area contributed by atoms with Crippen molar-refractivity contribution in [1.82, 2.24) is 5.32 Å². The maximum atomic E-state index is 12.2. The van der Waals surface area contributed by atoms with Gasteiger partial charge in [-0.2, -0.15) is 12.6 Å². The highest BCUT2D eigenvalue weighted by Crippen LogP contribution is 2.22. The van der Waals surface area contributed by atoms with Crippen molar-refractivity contribution in [3.8, 4) is 0 Å². The molecule has 0 radical (unpaired) electrons. The Labute approximate surface area is 129 Å². The van der Waals surface area contributed by atoms with Gasteiger partial charge in [-0.1, -0.05) is 30.3 Å². The smallest absolute Gasteiger partial charge is 0.233 e. The number of amides is 1. The molecule has 106 valence electrons. The van der Waals surface area contributed by atoms with E-state index in [1.54, 1.807) is 11.3 Å². The van der Waals surface area contributed by atoms with Gasteiger partial charge in [0.25, 0.3) is 0 Å². The molecule has 2 rings (SSSR count). The number of carbonyl (C=O) groups is 1. The lowest BCUT2D eigenvalue weighted by molar-refractivity contribution is -0.121. The minimum Gasteiger partial charge on any atom is -0.348 e. The molecule has 1 N–H and O–H groups in total. The zero-order chi connectivity index (χ0) is 14.5. The van der Waals surface area contributed by atoms with Crippen molar-refractivity contribution >= 4 is 29.9 Å². The first-order chi connectivity index (χ1) is 9.56. The predicted molar refractivity (Wildman–Crippen MR) is 88.5 cm³/mol. The van der Waals surface area contributed by atoms with Crippen molar-refractivity contribution < 1.29 is 4.79 Å². The van der Waals surface area contributed by atoms with Crippen LogP contribution in [0.3, 0.4) is 0 Å². The molecule has 1 aromatic heterocycles. The van der Waals surface area contributed by atoms with Crippen LogP contribution in [0, 0.1) is 6.92 Å². The highest BCUT2D eigenvalue weighted by molar-refractivity contribution is 7.81. The maximum absolute atomic E-state index is 12.2. The van der Waals surface area contributed by atoms with Crippen molar-refractivity contribution in [3.63, 3.8) is 0 Å². The third kappa shape index (κ3) is 4.12. The van der Waals surface area contributed by atoms with Gasteiger partial charge >= 0.3 is 0 Å². The molecule has 4 heteroatoms. The van der Waals surface area contributed by atoms with Crippen molar-refractivity contribution in [2.75, 3.05) is 0 Å². The molecule has 2 unspecified atom stereocenters. The number of rotatable bonds is 5. The number of thiophene rings is 1. The molecule has 1 aromatic carbocycles. The average Bonchev–Trinajstić information content (AvgIpc) is 2.86. The van der Waals surface area contributed by atoms with Gasteiger partial charge in [0.1, 0.15) is 0 Å². The van der Waals surface area contributed by atoms with Gasteiger partial charge in [-0.05, 0) is 38.0 Å². The van der Waals surface area contributed by atoms with Gasteiger partial charge in [0.15, 0.2) is 0 Å². The normalized spacial score (nSPS) is 13.8. The van der Waals surface area contributed by atoms with E-state index in [4.69, 9.17) is 0 Å². The topological polar surface area (TPSA) is 29.1 Å². The Morgan fingerprint density at radius 3 is 2.55 bits per heavy atom. The third-order valence-corrected chi connectivity index (χ3v) is 4.72. The second-order valence-corrected chi connectivity index (χ2v) is 6.83. The van der Waals surface area contributed by atoms with Crippen LogP contribution in [0.15, 0.2) is 42.5 Å². The molecule has 2 nitrogen and oxygen atoms in total. The fraction of sp³-hybridized carbons (Fsp3) is 0.312. The number of hydrogen-bond acceptors (Lipinski definition) is 3. The van der Waals surface area contributed by atoms with Gasteiger partial charge in [0.05, 0.1) is 11.3 Å². The summed E-state index contributed by atoms with van der Waals surface area (Å²) >= 11 is 6.13. The minimum atomic E-state index is -0.319. The van der Waals surface area contributed by atoms with Crippen LogP contribution in [-0.4, -0.2) is 11.2 Å². The van der Waals surface area contributed by atoms with Crippen molar-refractivity contribution in [2.24, 2.45) is 0 Å². The van der Waals surface area contributed by atoms with Crippen LogP contribution in [0.5, 0.6) is 0 Å². The van der Waals surface area contributed by atoms with Crippen LogP contribution in [0.4, 0.5) is 0 Å². The molecule has 1 amide bonds. The van der Waals surface area contributed by atoms with E-state index in [1.165, 1.54) is 9.75 Å². The largest absolute Gasteiger partial charge is 0.348 e. The van der Waals surface area contributed by atoms with Gasteiger partial charge in [-0.25, -0.2) is 0 Å². The van der Waals surface area contributed by atoms with Crippen LogP contribution in [0.25, 0.3) is 0 Å². The molecule has 0 fully saturated rings. The Kier molecular flexibility index (Phi) is 5.26. The monoisotopic (exact) mass is 305 g/mol. The molecule has 0 saturated heterocycles. The van der Waals surface area contributed by atoms with Gasteiger partial charge in [-0.3, -0.25) is 4.79 Å². The number of carbonyl (C=O) groups excluding carboxylic acids is 1. The summed E-state index contributed by atoms with van der Waals surface area (Å²) in [6.45, 7) is 4.08. The molecule has 0 bridgehead atoms. The van der Waals surface area contributed by atoms with Crippen LogP contribution in [-0.2, 0) is 11.2 Å². The second-order valence-electron chi connectivity index (χ2n) is 4.88. The van der Waals surface area contributed by atoms with Crippen LogP contribution in [0.2, 0.25) is 0 Å². The lowest BCUT2D eigenvalue weighted by Gasteiger charge is -2.16. The van der Waals surface area contributed by atoms with Crippen LogP contribution < -0.4 is 5.32 Å². The molecule has 0 aliphatic heterocycles. The van der Waals surface area contributed by atoms with Crippen LogP contribution >= 0.6 is 24.0 Å². The minimum absolute atomic E-state index is 0.0178. The van der Waals surface area contributed by atoms with E-state index in [-0.39, 0.29) is 17.2 Å². The van der Waals surface area contributed by atoms with E-state index in [9.17, 15) is 4.79 Å². The Hall–Kier alpha value is -1.26. The lowest BCUT2D eigenvalue weighted by Crippen LogP contribution is -2.34. The number of aryl methyl sites for hydroxylation is 1. The first kappa shape index (κ1) is 15.1. The van der Waals surface area contributed by atoms with E-state index in [0.717, 1.165) is 5.56 Å². The third-order valence-electron chi connectivity index (χ3n) is 3.12. The zero-order valence-corrected chi connectivity index (χ0v) is 13.4. The maximum Gasteiger partial charge on any atom is 0.233 e. The number of nitrogens with one attached hydrogen (secondary N) is 1. The molecule has 0 aliphatic rings. The summed E-state index contributed by atoms with van der Waals surface area (Å²) in [5, 5.41) is 2.71. The molecule has 2 aromatic rings. The van der Waals surface area contributed by atoms with E-state index in [2.05, 4.69) is 37.0 Å². The highest BCUT2D eigenvalue weighted by Gasteiger charge is 2.18. The van der Waals surface area contributed by atoms with Crippen molar-refractivity contribution in [2.45, 2.75) is 31.6 Å². The molecule has 1 heterocycles. The fourth-order valence-corrected chi connectivity index (χ4v) is 3.16. The second kappa shape index (κ2) is 6.95. The first-order valence-corrected chi connectivity index (χ1v) is 7.98. The van der Waals surface area contributed by atoms with Crippen LogP contribution in [0.1, 0.15) is 28.3 Å². The molecular formula is C16H19NOS2. The summed E-state index contributed by atoms with van der Waals surface area (Å²) in [7, 11) is 0. The van der Waals surface area contributed by atoms with E-state index >= 15 is 0 Å². The van der Waals surface area contributed by atoms with E-state index in [0.29, 0.717) is 6.42 Å². The standard InChI is InChI=1S/C16H19NOS2/c1-11-8-9-15(20-11)12(2)17-16(18)14(19)10-13-6-4-3-5-7-13/h3-9,12,14,19H,10H2,1-2H3,(H,17,18). The Bertz CT molecular complexity index is 565. The lowest BCUT2D eigenvalue weighted by atomic mass is 10.1. The summed E-state index contributed by atoms with van der Waals surface area (Å²) in [6.07, 6.45) is 0.645. The SMILES string of the molecule is Cc1ccc(C(C)NC(=O)C(S)Cc2ccccc2)s1. The quantitative estimate of drug-likeness (QED) is 0.809. The van der Waals surface area contributed by atoms with Gasteiger partial charge in [0.2, 0.25) is 5.91 Å². The van der Waals surface area contributed by atoms with Gasteiger partial charge < -0.3 is 5.32 Å². The van der Waals surface area contributed by atoms with E-state index < -0.39 is 0 Å². The Balaban J connectivity index is 1.91. The summed E-state index contributed by atoms with van der Waals surface area (Å²) in [5.41, 5.74) is 1.13. The predicted octanol–water partition coefficient (Wildman–Crippen LogP) is 3.77. The average molecular weight is 305 g/mol. The summed E-state index contributed by atoms with van der Waals surface area (Å²) in [6, 6.07) is 14.1. The molecule has 0 saturated carbocycles. The first-order valence-electron chi connectivity index (χ1n) is 6.65. The number of hydrogen-bond donors (Lipinski definition) is 2. The van der Waals surface area contributed by atoms with E-state index in [1.807, 2.05) is 37.3 Å². The van der Waals surface area contributed by atoms with Crippen molar-refractivity contribution in [1.29, 1.82) is 0 Å². The Morgan fingerprint density at radius 1 is 1.25 bits per heavy atom. The van der Waals surface area contributed by atoms with Crippen molar-refractivity contribution in [3.05, 3.63) is 57.8 Å². The molecule has 2 atom stereocenters. The number of thiol groups is 1. The van der Waals surface area contributed by atoms with Gasteiger partial charge in [-0.15, -0.1) is 11.3 Å². The summed E-state index contributed by atoms with van der Waals surface area (Å²) in [5.74, 6) is -0.0178. The molecular weight excluding hydrogens is 286 g/mol. The highest BCUT2D eigenvalue weighted by atomic mass is 32.1. The summed E-state index contributed by atoms with van der Waals surface area (Å²) < 4.78 is 0. The number of benzene rings is 1. The molecule has 0 spiro atoms. The molecule has 0 aliphatic carbocycles. The molecule has 20 heavy (non-hydrogen) atoms.